The average molecular weight is 677 g/mol. The van der Waals surface area contributed by atoms with Crippen LogP contribution in [-0.2, 0) is 17.9 Å². The maximum absolute atomic E-state index is 14.3. The number of aromatic amines is 1. The molecule has 4 N–H and O–H groups in total. The highest BCUT2D eigenvalue weighted by atomic mass is 31.2. The third-order valence-corrected chi connectivity index (χ3v) is 22.0. The Bertz CT molecular complexity index is 1610. The number of nitrogens with one attached hydrogen (secondary N) is 1. The lowest BCUT2D eigenvalue weighted by Crippen LogP contribution is -2.67. The number of aromatic nitrogens is 2. The van der Waals surface area contributed by atoms with Gasteiger partial charge in [0.25, 0.3) is 13.9 Å². The highest BCUT2D eigenvalue weighted by molar-refractivity contribution is 7.56. The third kappa shape index (κ3) is 6.30. The normalized spacial score (nSPS) is 24.4. The summed E-state index contributed by atoms with van der Waals surface area (Å²) in [5.41, 5.74) is -1.61. The Hall–Kier alpha value is -2.46. The molecule has 0 radical (unpaired) electrons. The SMILES string of the molecule is CC(C)(C)[Si](C)(C)OP(=O)(O)[C@@]1(O)[C@@H](CO[Si](c2ccccc2)(c2ccccc2)C(C)(C)C)O[C@@H](n2ccc(=O)[nH]c2=O)[C@@H]1O. The number of ether oxygens (including phenoxy) is 1. The van der Waals surface area contributed by atoms with Gasteiger partial charge >= 0.3 is 13.3 Å². The fourth-order valence-electron chi connectivity index (χ4n) is 5.58. The van der Waals surface area contributed by atoms with Crippen molar-refractivity contribution in [2.24, 2.45) is 0 Å². The van der Waals surface area contributed by atoms with E-state index in [2.05, 4.69) is 25.8 Å². The first-order valence-corrected chi connectivity index (χ1v) is 21.2. The van der Waals surface area contributed by atoms with Crippen LogP contribution in [-0.4, -0.2) is 65.4 Å². The lowest BCUT2D eigenvalue weighted by atomic mass is 10.1. The number of H-pyrrole nitrogens is 1. The van der Waals surface area contributed by atoms with Crippen LogP contribution in [0.2, 0.25) is 23.2 Å². The van der Waals surface area contributed by atoms with Crippen LogP contribution in [0.5, 0.6) is 0 Å². The maximum Gasteiger partial charge on any atom is 0.355 e. The van der Waals surface area contributed by atoms with Gasteiger partial charge in [-0.2, -0.15) is 0 Å². The fourth-order valence-corrected chi connectivity index (χ4v) is 15.3. The van der Waals surface area contributed by atoms with E-state index in [0.29, 0.717) is 0 Å². The molecule has 1 fully saturated rings. The predicted octanol–water partition coefficient (Wildman–Crippen LogP) is 3.27. The van der Waals surface area contributed by atoms with E-state index >= 15 is 0 Å². The number of hydrogen-bond donors (Lipinski definition) is 4. The van der Waals surface area contributed by atoms with Crippen molar-refractivity contribution in [1.82, 2.24) is 9.55 Å². The van der Waals surface area contributed by atoms with Gasteiger partial charge in [-0.15, -0.1) is 0 Å². The van der Waals surface area contributed by atoms with Crippen LogP contribution in [0.1, 0.15) is 47.8 Å². The summed E-state index contributed by atoms with van der Waals surface area (Å²) in [6.45, 7) is 14.8. The zero-order valence-corrected chi connectivity index (χ0v) is 29.9. The summed E-state index contributed by atoms with van der Waals surface area (Å²) in [5, 5.41) is 21.8. The first-order chi connectivity index (χ1) is 20.7. The topological polar surface area (TPSA) is 160 Å². The second-order valence-corrected chi connectivity index (χ2v) is 25.4. The summed E-state index contributed by atoms with van der Waals surface area (Å²) in [4.78, 5) is 38.2. The van der Waals surface area contributed by atoms with E-state index in [-0.39, 0.29) is 0 Å². The number of nitrogens with zero attached hydrogens (tertiary/aromatic N) is 1. The van der Waals surface area contributed by atoms with Crippen molar-refractivity contribution in [3.8, 4) is 0 Å². The van der Waals surface area contributed by atoms with E-state index < -0.39 is 75.9 Å². The molecule has 0 spiro atoms. The molecule has 0 bridgehead atoms. The second-order valence-electron chi connectivity index (χ2n) is 14.1. The van der Waals surface area contributed by atoms with Gasteiger partial charge < -0.3 is 28.5 Å². The van der Waals surface area contributed by atoms with Crippen molar-refractivity contribution in [2.45, 2.75) is 88.5 Å². The minimum absolute atomic E-state index is 0.430. The molecule has 2 heterocycles. The molecule has 0 amide bonds. The fraction of sp³-hybridized carbons (Fsp3) is 0.484. The number of aliphatic hydroxyl groups is 2. The van der Waals surface area contributed by atoms with Crippen LogP contribution in [0.4, 0.5) is 0 Å². The minimum atomic E-state index is -5.14. The van der Waals surface area contributed by atoms with Gasteiger partial charge in [0.15, 0.2) is 6.23 Å². The van der Waals surface area contributed by atoms with Crippen molar-refractivity contribution >= 4 is 34.6 Å². The van der Waals surface area contributed by atoms with Crippen molar-refractivity contribution in [2.75, 3.05) is 6.61 Å². The molecular formula is C31H45N2O9PSi2. The lowest BCUT2D eigenvalue weighted by molar-refractivity contribution is -0.0582. The smallest absolute Gasteiger partial charge is 0.355 e. The van der Waals surface area contributed by atoms with Gasteiger partial charge in [0.05, 0.1) is 6.61 Å². The molecule has 45 heavy (non-hydrogen) atoms. The minimum Gasteiger partial charge on any atom is -0.405 e. The van der Waals surface area contributed by atoms with Crippen molar-refractivity contribution in [1.29, 1.82) is 0 Å². The quantitative estimate of drug-likeness (QED) is 0.197. The zero-order valence-electron chi connectivity index (χ0n) is 27.1. The molecule has 0 aliphatic carbocycles. The second kappa shape index (κ2) is 12.3. The largest absolute Gasteiger partial charge is 0.405 e. The Morgan fingerprint density at radius 1 is 0.933 bits per heavy atom. The maximum atomic E-state index is 14.3. The first kappa shape index (κ1) is 35.4. The Morgan fingerprint density at radius 3 is 1.89 bits per heavy atom. The molecule has 3 aromatic rings. The van der Waals surface area contributed by atoms with Crippen LogP contribution in [0.3, 0.4) is 0 Å². The number of rotatable bonds is 9. The summed E-state index contributed by atoms with van der Waals surface area (Å²) in [7, 11) is -11.4. The number of hydrogen-bond acceptors (Lipinski definition) is 8. The zero-order chi connectivity index (χ0) is 33.6. The molecule has 11 nitrogen and oxygen atoms in total. The van der Waals surface area contributed by atoms with E-state index in [0.717, 1.165) is 27.2 Å². The van der Waals surface area contributed by atoms with Gasteiger partial charge in [0.2, 0.25) is 13.7 Å². The molecule has 14 heteroatoms. The van der Waals surface area contributed by atoms with E-state index in [1.54, 1.807) is 13.1 Å². The molecule has 1 unspecified atom stereocenters. The van der Waals surface area contributed by atoms with Crippen molar-refractivity contribution < 1.29 is 33.0 Å². The summed E-state index contributed by atoms with van der Waals surface area (Å²) in [5.74, 6) is 0. The molecule has 0 saturated carbocycles. The third-order valence-electron chi connectivity index (χ3n) is 9.09. The monoisotopic (exact) mass is 676 g/mol. The molecule has 1 aliphatic heterocycles. The molecular weight excluding hydrogens is 631 g/mol. The van der Waals surface area contributed by atoms with Crippen LogP contribution < -0.4 is 21.6 Å². The van der Waals surface area contributed by atoms with Crippen molar-refractivity contribution in [3.05, 3.63) is 93.8 Å². The predicted molar refractivity (Wildman–Crippen MR) is 178 cm³/mol. The number of benzene rings is 2. The van der Waals surface area contributed by atoms with E-state index in [1.165, 1.54) is 0 Å². The highest BCUT2D eigenvalue weighted by Crippen LogP contribution is 2.65. The lowest BCUT2D eigenvalue weighted by Gasteiger charge is -2.45. The van der Waals surface area contributed by atoms with Gasteiger partial charge in [-0.3, -0.25) is 18.9 Å². The van der Waals surface area contributed by atoms with Gasteiger partial charge in [0, 0.05) is 12.3 Å². The molecule has 4 rings (SSSR count). The Kier molecular flexibility index (Phi) is 9.67. The molecule has 246 valence electrons. The Labute approximate surface area is 265 Å². The number of aliphatic hydroxyl groups excluding tert-OH is 1. The summed E-state index contributed by atoms with van der Waals surface area (Å²) < 4.78 is 34.1. The summed E-state index contributed by atoms with van der Waals surface area (Å²) >= 11 is 0. The highest BCUT2D eigenvalue weighted by Gasteiger charge is 2.69. The van der Waals surface area contributed by atoms with Crippen LogP contribution in [0, 0.1) is 0 Å². The Balaban J connectivity index is 1.88. The van der Waals surface area contributed by atoms with E-state index in [9.17, 15) is 29.3 Å². The molecule has 2 aromatic carbocycles. The van der Waals surface area contributed by atoms with E-state index in [1.807, 2.05) is 81.4 Å². The van der Waals surface area contributed by atoms with E-state index in [4.69, 9.17) is 13.4 Å². The molecule has 1 aliphatic rings. The average Bonchev–Trinajstić information content (AvgIpc) is 3.19. The van der Waals surface area contributed by atoms with Crippen molar-refractivity contribution in [3.63, 3.8) is 0 Å². The van der Waals surface area contributed by atoms with Gasteiger partial charge in [0.1, 0.15) is 12.2 Å². The molecule has 5 atom stereocenters. The first-order valence-electron chi connectivity index (χ1n) is 14.8. The summed E-state index contributed by atoms with van der Waals surface area (Å²) in [6.07, 6.45) is -4.29. The standard InChI is InChI=1S/C31H45N2O9PSi2/c1-29(2,3)44(7,8)42-43(38,39)31(37)24(41-27(26(31)35)33-20-19-25(34)32-28(33)36)21-40-45(30(4,5)6,22-15-11-9-12-16-22)23-17-13-10-14-18-23/h9-20,24,26-27,35,37H,21H2,1-8H3,(H,38,39)(H,32,34,36)/t24-,26+,27-,31+/m1/s1. The van der Waals surface area contributed by atoms with Gasteiger partial charge in [-0.25, -0.2) is 4.79 Å². The summed E-state index contributed by atoms with van der Waals surface area (Å²) in [6, 6.07) is 20.4. The van der Waals surface area contributed by atoms with Gasteiger partial charge in [-0.05, 0) is 33.5 Å². The molecule has 1 aromatic heterocycles. The van der Waals surface area contributed by atoms with Crippen LogP contribution in [0.25, 0.3) is 0 Å². The molecule has 1 saturated heterocycles. The van der Waals surface area contributed by atoms with Crippen LogP contribution in [0.15, 0.2) is 82.5 Å². The van der Waals surface area contributed by atoms with Gasteiger partial charge in [-0.1, -0.05) is 102 Å². The Morgan fingerprint density at radius 2 is 1.44 bits per heavy atom. The van der Waals surface area contributed by atoms with Crippen LogP contribution >= 0.6 is 7.60 Å².